The van der Waals surface area contributed by atoms with Gasteiger partial charge in [-0.15, -0.1) is 11.8 Å². The summed E-state index contributed by atoms with van der Waals surface area (Å²) in [7, 11) is 3.13. The minimum atomic E-state index is -0.212. The summed E-state index contributed by atoms with van der Waals surface area (Å²) in [6.07, 6.45) is 1.54. The van der Waals surface area contributed by atoms with Gasteiger partial charge in [0.05, 0.1) is 32.8 Å². The lowest BCUT2D eigenvalue weighted by atomic mass is 10.2. The average Bonchev–Trinajstić information content (AvgIpc) is 2.66. The second-order valence-corrected chi connectivity index (χ2v) is 6.05. The summed E-state index contributed by atoms with van der Waals surface area (Å²) in [5, 5.41) is 13.1. The van der Waals surface area contributed by atoms with Crippen molar-refractivity contribution in [1.29, 1.82) is 0 Å². The predicted molar refractivity (Wildman–Crippen MR) is 98.4 cm³/mol. The number of nitrogens with zero attached hydrogens (tertiary/aromatic N) is 1. The first kappa shape index (κ1) is 18.8. The zero-order valence-electron chi connectivity index (χ0n) is 14.1. The maximum atomic E-state index is 11.8. The lowest BCUT2D eigenvalue weighted by Crippen LogP contribution is -2.19. The molecule has 2 aromatic rings. The van der Waals surface area contributed by atoms with Crippen molar-refractivity contribution in [2.45, 2.75) is 11.5 Å². The normalized spacial score (nSPS) is 10.7. The van der Waals surface area contributed by atoms with Crippen molar-refractivity contribution in [3.63, 3.8) is 0 Å². The highest BCUT2D eigenvalue weighted by Gasteiger charge is 2.04. The first-order valence-corrected chi connectivity index (χ1v) is 8.51. The number of benzene rings is 2. The van der Waals surface area contributed by atoms with E-state index in [0.717, 1.165) is 16.0 Å². The Hall–Kier alpha value is -2.51. The number of amides is 1. The van der Waals surface area contributed by atoms with Crippen LogP contribution in [-0.4, -0.2) is 37.2 Å². The van der Waals surface area contributed by atoms with Gasteiger partial charge in [-0.2, -0.15) is 5.10 Å². The van der Waals surface area contributed by atoms with Gasteiger partial charge in [0.25, 0.3) is 0 Å². The fraction of sp³-hybridized carbons (Fsp3) is 0.222. The Bertz CT molecular complexity index is 750. The number of nitrogens with one attached hydrogen (secondary N) is 1. The first-order valence-electron chi connectivity index (χ1n) is 7.52. The molecule has 0 aromatic heterocycles. The maximum Gasteiger partial charge on any atom is 0.250 e. The third kappa shape index (κ3) is 5.81. The fourth-order valence-electron chi connectivity index (χ4n) is 2.03. The van der Waals surface area contributed by atoms with E-state index >= 15 is 0 Å². The summed E-state index contributed by atoms with van der Waals surface area (Å²) < 4.78 is 10.4. The molecule has 0 aliphatic heterocycles. The van der Waals surface area contributed by atoms with Crippen molar-refractivity contribution >= 4 is 23.9 Å². The third-order valence-corrected chi connectivity index (χ3v) is 4.26. The van der Waals surface area contributed by atoms with Gasteiger partial charge in [0.2, 0.25) is 5.91 Å². The van der Waals surface area contributed by atoms with E-state index in [9.17, 15) is 4.79 Å². The molecular formula is C18H20N2O4S. The van der Waals surface area contributed by atoms with Crippen molar-refractivity contribution in [3.8, 4) is 11.5 Å². The minimum Gasteiger partial charge on any atom is -0.493 e. The number of thioether (sulfide) groups is 1. The molecule has 7 heteroatoms. The minimum absolute atomic E-state index is 0.0176. The van der Waals surface area contributed by atoms with Crippen LogP contribution in [-0.2, 0) is 11.4 Å². The molecule has 132 valence electrons. The van der Waals surface area contributed by atoms with Crippen LogP contribution in [0.4, 0.5) is 0 Å². The van der Waals surface area contributed by atoms with Gasteiger partial charge in [-0.05, 0) is 41.5 Å². The van der Waals surface area contributed by atoms with Crippen molar-refractivity contribution in [1.82, 2.24) is 5.43 Å². The monoisotopic (exact) mass is 360 g/mol. The number of methoxy groups -OCH3 is 2. The molecule has 0 heterocycles. The quantitative estimate of drug-likeness (QED) is 0.429. The number of hydrazone groups is 1. The maximum absolute atomic E-state index is 11.8. The van der Waals surface area contributed by atoms with Crippen molar-refractivity contribution < 1.29 is 19.4 Å². The van der Waals surface area contributed by atoms with Gasteiger partial charge >= 0.3 is 0 Å². The Balaban J connectivity index is 1.85. The van der Waals surface area contributed by atoms with E-state index < -0.39 is 0 Å². The molecule has 2 rings (SSSR count). The molecule has 25 heavy (non-hydrogen) atoms. The summed E-state index contributed by atoms with van der Waals surface area (Å²) in [6, 6.07) is 12.8. The molecule has 0 atom stereocenters. The summed E-state index contributed by atoms with van der Waals surface area (Å²) in [5.41, 5.74) is 4.08. The number of carbonyl (C=O) groups excluding carboxylic acids is 1. The van der Waals surface area contributed by atoms with Gasteiger partial charge in [0.15, 0.2) is 11.5 Å². The van der Waals surface area contributed by atoms with E-state index in [2.05, 4.69) is 10.5 Å². The Labute approximate surface area is 150 Å². The largest absolute Gasteiger partial charge is 0.493 e. The van der Waals surface area contributed by atoms with Crippen molar-refractivity contribution in [3.05, 3.63) is 53.6 Å². The lowest BCUT2D eigenvalue weighted by Gasteiger charge is -2.07. The zero-order valence-corrected chi connectivity index (χ0v) is 14.9. The highest BCUT2D eigenvalue weighted by atomic mass is 32.2. The van der Waals surface area contributed by atoms with Crippen LogP contribution in [0, 0.1) is 0 Å². The van der Waals surface area contributed by atoms with Crippen LogP contribution in [0.2, 0.25) is 0 Å². The molecule has 0 bridgehead atoms. The highest BCUT2D eigenvalue weighted by molar-refractivity contribution is 8.00. The number of hydrogen-bond donors (Lipinski definition) is 2. The molecule has 0 saturated heterocycles. The van der Waals surface area contributed by atoms with Gasteiger partial charge in [-0.25, -0.2) is 5.43 Å². The number of aliphatic hydroxyl groups excluding tert-OH is 1. The molecule has 0 radical (unpaired) electrons. The van der Waals surface area contributed by atoms with Crippen LogP contribution in [0.3, 0.4) is 0 Å². The van der Waals surface area contributed by atoms with E-state index in [1.165, 1.54) is 18.0 Å². The molecule has 2 N–H and O–H groups in total. The van der Waals surface area contributed by atoms with E-state index in [1.54, 1.807) is 26.4 Å². The van der Waals surface area contributed by atoms with Crippen LogP contribution >= 0.6 is 11.8 Å². The van der Waals surface area contributed by atoms with Gasteiger partial charge < -0.3 is 14.6 Å². The van der Waals surface area contributed by atoms with Gasteiger partial charge in [-0.1, -0.05) is 12.1 Å². The SMILES string of the molecule is COc1ccc(C=NNC(=O)CSc2cccc(CO)c2)cc1OC. The van der Waals surface area contributed by atoms with E-state index in [1.807, 2.05) is 30.3 Å². The van der Waals surface area contributed by atoms with E-state index in [0.29, 0.717) is 11.5 Å². The van der Waals surface area contributed by atoms with Crippen molar-refractivity contribution in [2.24, 2.45) is 5.10 Å². The molecular weight excluding hydrogens is 340 g/mol. The number of carbonyl (C=O) groups is 1. The van der Waals surface area contributed by atoms with E-state index in [4.69, 9.17) is 14.6 Å². The Kier molecular flexibility index (Phi) is 7.31. The third-order valence-electron chi connectivity index (χ3n) is 3.26. The Morgan fingerprint density at radius 2 is 2.00 bits per heavy atom. The first-order chi connectivity index (χ1) is 12.2. The van der Waals surface area contributed by atoms with Crippen LogP contribution in [0.1, 0.15) is 11.1 Å². The molecule has 0 spiro atoms. The number of hydrogen-bond acceptors (Lipinski definition) is 6. The molecule has 2 aromatic carbocycles. The smallest absolute Gasteiger partial charge is 0.250 e. The molecule has 1 amide bonds. The Morgan fingerprint density at radius 1 is 1.20 bits per heavy atom. The second-order valence-electron chi connectivity index (χ2n) is 5.00. The standard InChI is InChI=1S/C18H20N2O4S/c1-23-16-7-6-13(9-17(16)24-2)10-19-20-18(22)12-25-15-5-3-4-14(8-15)11-21/h3-10,21H,11-12H2,1-2H3,(H,20,22). The van der Waals surface area contributed by atoms with Crippen LogP contribution in [0.5, 0.6) is 11.5 Å². The highest BCUT2D eigenvalue weighted by Crippen LogP contribution is 2.26. The van der Waals surface area contributed by atoms with Crippen molar-refractivity contribution in [2.75, 3.05) is 20.0 Å². The Morgan fingerprint density at radius 3 is 2.72 bits per heavy atom. The summed E-state index contributed by atoms with van der Waals surface area (Å²) in [5.74, 6) is 1.25. The average molecular weight is 360 g/mol. The van der Waals surface area contributed by atoms with Gasteiger partial charge in [0.1, 0.15) is 0 Å². The molecule has 0 aliphatic rings. The van der Waals surface area contributed by atoms with Crippen LogP contribution in [0.15, 0.2) is 52.5 Å². The second kappa shape index (κ2) is 9.71. The zero-order chi connectivity index (χ0) is 18.1. The molecule has 0 fully saturated rings. The molecule has 0 saturated carbocycles. The number of ether oxygens (including phenoxy) is 2. The predicted octanol–water partition coefficient (Wildman–Crippen LogP) is 2.44. The van der Waals surface area contributed by atoms with Gasteiger partial charge in [-0.3, -0.25) is 4.79 Å². The summed E-state index contributed by atoms with van der Waals surface area (Å²) >= 11 is 1.38. The van der Waals surface area contributed by atoms with Crippen LogP contribution < -0.4 is 14.9 Å². The lowest BCUT2D eigenvalue weighted by molar-refractivity contribution is -0.118. The van der Waals surface area contributed by atoms with E-state index in [-0.39, 0.29) is 18.3 Å². The van der Waals surface area contributed by atoms with Gasteiger partial charge in [0, 0.05) is 4.90 Å². The molecule has 0 aliphatic carbocycles. The number of aliphatic hydroxyl groups is 1. The molecule has 6 nitrogen and oxygen atoms in total. The summed E-state index contributed by atoms with van der Waals surface area (Å²) in [6.45, 7) is -0.0176. The van der Waals surface area contributed by atoms with Crippen LogP contribution in [0.25, 0.3) is 0 Å². The molecule has 0 unspecified atom stereocenters. The fourth-order valence-corrected chi connectivity index (χ4v) is 2.80. The topological polar surface area (TPSA) is 80.2 Å². The number of rotatable bonds is 8. The summed E-state index contributed by atoms with van der Waals surface area (Å²) in [4.78, 5) is 12.8.